The van der Waals surface area contributed by atoms with Crippen LogP contribution in [0.15, 0.2) is 87.9 Å². The summed E-state index contributed by atoms with van der Waals surface area (Å²) in [6.07, 6.45) is 0. The molecule has 13 heteroatoms. The molecule has 0 saturated carbocycles. The first kappa shape index (κ1) is 29.7. The van der Waals surface area contributed by atoms with E-state index in [1.165, 1.54) is 32.2 Å². The number of azo groups is 1. The normalized spacial score (nSPS) is 11.2. The molecule has 11 nitrogen and oxygen atoms in total. The minimum Gasteiger partial charge on any atom is -0.505 e. The van der Waals surface area contributed by atoms with Crippen molar-refractivity contribution in [2.45, 2.75) is 11.8 Å². The zero-order valence-electron chi connectivity index (χ0n) is 21.2. The van der Waals surface area contributed by atoms with E-state index in [1.807, 2.05) is 0 Å². The van der Waals surface area contributed by atoms with Crippen molar-refractivity contribution in [1.82, 2.24) is 0 Å². The molecule has 0 unspecified atom stereocenters. The number of rotatable bonds is 7. The quantitative estimate of drug-likeness (QED) is 0.140. The standard InChI is InChI=1S/C26H22N4O7S.Na/c1-15(31)27-17-11-12-23(38(34,35)36)21(14-17)29-30-24-18-8-4-3-7-16(18)13-19(25(24)32)26(33)28-20-9-5-6-10-22(20)37-2;/h3-14,32H,1-2H3,(H,27,31)(H,28,33)(H,34,35,36);. The number of phenols is 1. The number of carbonyl (C=O) groups is 2. The molecule has 1 radical (unpaired) electrons. The second-order valence-corrected chi connectivity index (χ2v) is 9.43. The molecule has 4 aromatic rings. The Morgan fingerprint density at radius 2 is 1.62 bits per heavy atom. The van der Waals surface area contributed by atoms with E-state index in [1.54, 1.807) is 48.5 Å². The van der Waals surface area contributed by atoms with E-state index in [9.17, 15) is 27.7 Å². The third-order valence-corrected chi connectivity index (χ3v) is 6.31. The van der Waals surface area contributed by atoms with Gasteiger partial charge in [-0.05, 0) is 41.8 Å². The van der Waals surface area contributed by atoms with Crippen LogP contribution in [0.25, 0.3) is 10.8 Å². The number of nitrogens with one attached hydrogen (secondary N) is 2. The number of ether oxygens (including phenoxy) is 1. The summed E-state index contributed by atoms with van der Waals surface area (Å²) in [6, 6.07) is 18.5. The molecule has 0 aromatic heterocycles. The van der Waals surface area contributed by atoms with Crippen molar-refractivity contribution in [3.8, 4) is 11.5 Å². The van der Waals surface area contributed by atoms with Crippen molar-refractivity contribution < 1.29 is 32.4 Å². The first-order valence-electron chi connectivity index (χ1n) is 11.1. The van der Waals surface area contributed by atoms with Crippen molar-refractivity contribution in [3.05, 3.63) is 78.4 Å². The van der Waals surface area contributed by atoms with Gasteiger partial charge in [-0.1, -0.05) is 36.4 Å². The molecule has 4 aromatic carbocycles. The van der Waals surface area contributed by atoms with Gasteiger partial charge < -0.3 is 20.5 Å². The first-order chi connectivity index (χ1) is 18.1. The molecule has 0 aliphatic rings. The Kier molecular flexibility index (Phi) is 9.43. The van der Waals surface area contributed by atoms with Crippen LogP contribution in [0.4, 0.5) is 22.7 Å². The molecule has 0 fully saturated rings. The van der Waals surface area contributed by atoms with Gasteiger partial charge >= 0.3 is 0 Å². The Bertz CT molecular complexity index is 1710. The Labute approximate surface area is 246 Å². The maximum absolute atomic E-state index is 13.2. The van der Waals surface area contributed by atoms with Gasteiger partial charge in [-0.15, -0.1) is 10.2 Å². The number of nitrogens with zero attached hydrogens (tertiary/aromatic N) is 2. The Morgan fingerprint density at radius 1 is 0.923 bits per heavy atom. The third-order valence-electron chi connectivity index (χ3n) is 5.41. The number of phenolic OH excluding ortho intramolecular Hbond substituents is 1. The summed E-state index contributed by atoms with van der Waals surface area (Å²) >= 11 is 0. The minimum absolute atomic E-state index is 0. The predicted octanol–water partition coefficient (Wildman–Crippen LogP) is 5.05. The first-order valence-corrected chi connectivity index (χ1v) is 12.5. The van der Waals surface area contributed by atoms with E-state index < -0.39 is 32.6 Å². The molecular weight excluding hydrogens is 535 g/mol. The van der Waals surface area contributed by atoms with Crippen molar-refractivity contribution in [2.24, 2.45) is 10.2 Å². The molecule has 39 heavy (non-hydrogen) atoms. The molecule has 0 atom stereocenters. The second kappa shape index (κ2) is 12.4. The number of benzene rings is 4. The van der Waals surface area contributed by atoms with E-state index in [0.29, 0.717) is 22.2 Å². The molecule has 4 rings (SSSR count). The molecule has 4 N–H and O–H groups in total. The number of anilines is 2. The van der Waals surface area contributed by atoms with Crippen molar-refractivity contribution >= 4 is 85.0 Å². The summed E-state index contributed by atoms with van der Waals surface area (Å²) in [5.41, 5.74) is 0.0531. The van der Waals surface area contributed by atoms with Crippen LogP contribution in [0.5, 0.6) is 11.5 Å². The van der Waals surface area contributed by atoms with Gasteiger partial charge in [0.05, 0.1) is 18.4 Å². The van der Waals surface area contributed by atoms with Crippen LogP contribution in [0, 0.1) is 0 Å². The predicted molar refractivity (Wildman–Crippen MR) is 147 cm³/mol. The Balaban J connectivity index is 0.00000420. The zero-order valence-corrected chi connectivity index (χ0v) is 24.0. The molecule has 2 amide bonds. The van der Waals surface area contributed by atoms with E-state index in [4.69, 9.17) is 4.74 Å². The third kappa shape index (κ3) is 6.80. The number of para-hydroxylation sites is 2. The fourth-order valence-corrected chi connectivity index (χ4v) is 4.33. The number of fused-ring (bicyclic) bond motifs is 1. The fourth-order valence-electron chi connectivity index (χ4n) is 3.73. The number of carbonyl (C=O) groups excluding carboxylic acids is 2. The zero-order chi connectivity index (χ0) is 27.4. The number of hydrogen-bond acceptors (Lipinski definition) is 8. The van der Waals surface area contributed by atoms with E-state index in [2.05, 4.69) is 20.9 Å². The van der Waals surface area contributed by atoms with Gasteiger partial charge in [-0.3, -0.25) is 14.1 Å². The number of aromatic hydroxyl groups is 1. The Morgan fingerprint density at radius 3 is 2.31 bits per heavy atom. The summed E-state index contributed by atoms with van der Waals surface area (Å²) in [7, 11) is -3.25. The van der Waals surface area contributed by atoms with E-state index >= 15 is 0 Å². The monoisotopic (exact) mass is 557 g/mol. The van der Waals surface area contributed by atoms with E-state index in [-0.39, 0.29) is 52.2 Å². The van der Waals surface area contributed by atoms with Gasteiger partial charge in [-0.25, -0.2) is 0 Å². The SMILES string of the molecule is COc1ccccc1NC(=O)c1cc2ccccc2c(N=Nc2cc(NC(C)=O)ccc2S(=O)(=O)O)c1O.[Na]. The summed E-state index contributed by atoms with van der Waals surface area (Å²) in [5.74, 6) is -1.16. The van der Waals surface area contributed by atoms with Gasteiger partial charge in [0.2, 0.25) is 5.91 Å². The molecular formula is C26H22N4NaO7S. The maximum atomic E-state index is 13.2. The number of amides is 2. The van der Waals surface area contributed by atoms with Gasteiger partial charge in [0.15, 0.2) is 5.75 Å². The van der Waals surface area contributed by atoms with Crippen LogP contribution in [0.3, 0.4) is 0 Å². The van der Waals surface area contributed by atoms with Gasteiger partial charge in [0.25, 0.3) is 16.0 Å². The molecule has 0 aliphatic carbocycles. The summed E-state index contributed by atoms with van der Waals surface area (Å²) in [6.45, 7) is 1.27. The number of methoxy groups -OCH3 is 1. The molecule has 195 valence electrons. The largest absolute Gasteiger partial charge is 0.505 e. The van der Waals surface area contributed by atoms with Gasteiger partial charge in [0.1, 0.15) is 22.0 Å². The topological polar surface area (TPSA) is 167 Å². The number of hydrogen-bond donors (Lipinski definition) is 4. The molecule has 0 saturated heterocycles. The van der Waals surface area contributed by atoms with Crippen LogP contribution in [0.2, 0.25) is 0 Å². The van der Waals surface area contributed by atoms with Crippen LogP contribution < -0.4 is 15.4 Å². The summed E-state index contributed by atoms with van der Waals surface area (Å²) < 4.78 is 38.7. The smallest absolute Gasteiger partial charge is 0.296 e. The van der Waals surface area contributed by atoms with Crippen molar-refractivity contribution in [1.29, 1.82) is 0 Å². The molecule has 0 bridgehead atoms. The van der Waals surface area contributed by atoms with Gasteiger partial charge in [0, 0.05) is 47.6 Å². The van der Waals surface area contributed by atoms with Crippen LogP contribution in [-0.4, -0.2) is 66.6 Å². The Hall–Kier alpha value is -3.81. The second-order valence-electron chi connectivity index (χ2n) is 8.04. The van der Waals surface area contributed by atoms with Crippen LogP contribution in [-0.2, 0) is 14.9 Å². The summed E-state index contributed by atoms with van der Waals surface area (Å²) in [5, 5.41) is 25.2. The van der Waals surface area contributed by atoms with Gasteiger partial charge in [-0.2, -0.15) is 8.42 Å². The average molecular weight is 558 g/mol. The fraction of sp³-hybridized carbons (Fsp3) is 0.0769. The van der Waals surface area contributed by atoms with E-state index in [0.717, 1.165) is 6.07 Å². The van der Waals surface area contributed by atoms with Crippen molar-refractivity contribution in [2.75, 3.05) is 17.7 Å². The maximum Gasteiger partial charge on any atom is 0.296 e. The average Bonchev–Trinajstić information content (AvgIpc) is 2.87. The van der Waals surface area contributed by atoms with Crippen LogP contribution in [0.1, 0.15) is 17.3 Å². The van der Waals surface area contributed by atoms with Crippen molar-refractivity contribution in [3.63, 3.8) is 0 Å². The minimum atomic E-state index is -4.70. The molecule has 0 heterocycles. The molecule has 0 spiro atoms. The molecule has 0 aliphatic heterocycles. The van der Waals surface area contributed by atoms with Crippen LogP contribution >= 0.6 is 0 Å². The summed E-state index contributed by atoms with van der Waals surface area (Å²) in [4.78, 5) is 24.0.